The molecule has 21 nitrogen and oxygen atoms in total. The van der Waals surface area contributed by atoms with E-state index >= 15 is 0 Å². The number of primary amides is 1. The second-order valence-electron chi connectivity index (χ2n) is 18.5. The third kappa shape index (κ3) is 19.6. The monoisotopic (exact) mass is 1130 g/mol. The standard InChI is InChI=1S/C50H66ClFN12O9S3/c1-28(2)42-48(72)61-37(24-40(53)65)45(69)62-38(49(73)64-27-75-26-39(64)47(71)59-34(7-3-18-57-50(54)55)43(67)56-19-17-33-6-4-21-76-33)25-74-20-5-8-41(66)58-35(22-29-9-13-31(51)14-10-29)44(68)60-36(46(70)63-42)23-30-11-15-32(52)16-12-30/h4,6,9-16,21,28,34-39,42H,3,5,7-8,17-20,22-27H2,1-2H3,(H2,53,65)(H,56,67)(H,58,66)(H,59,71)(H,60,68)(H,61,72)(H,62,69)(H,63,70)(H4,54,55,57)/t34-,35+,36+,37+,38+,39+,42+/m1/s1. The number of carbonyl (C=O) groups excluding carboxylic acids is 9. The topological polar surface area (TPSA) is 331 Å². The quantitative estimate of drug-likeness (QED) is 0.0475. The van der Waals surface area contributed by atoms with Gasteiger partial charge in [-0.25, -0.2) is 4.39 Å². The lowest BCUT2D eigenvalue weighted by Gasteiger charge is -2.31. The smallest absolute Gasteiger partial charge is 0.247 e. The van der Waals surface area contributed by atoms with Gasteiger partial charge in [0.15, 0.2) is 5.96 Å². The van der Waals surface area contributed by atoms with E-state index in [1.54, 1.807) is 49.4 Å². The SMILES string of the molecule is CC(C)[C@@H]1NC(=O)[C@H](Cc2ccc(F)cc2)NC(=O)[C@H](Cc2ccc(Cl)cc2)NC(=O)CCCSC[C@@H](C(=O)N2CSC[C@H]2C(=O)N[C@H](CCCN=C(N)N)C(=O)NCCc2cccs2)NC(=O)[C@H](CC(N)=O)NC1=O. The highest BCUT2D eigenvalue weighted by atomic mass is 35.5. The van der Waals surface area contributed by atoms with Gasteiger partial charge in [-0.15, -0.1) is 23.1 Å². The van der Waals surface area contributed by atoms with Gasteiger partial charge in [-0.2, -0.15) is 11.8 Å². The van der Waals surface area contributed by atoms with Crippen molar-refractivity contribution in [2.24, 2.45) is 28.1 Å². The Balaban J connectivity index is 1.41. The summed E-state index contributed by atoms with van der Waals surface area (Å²) in [5.74, 6) is -7.71. The lowest BCUT2D eigenvalue weighted by atomic mass is 9.99. The highest BCUT2D eigenvalue weighted by molar-refractivity contribution is 7.99. The number of halogens is 2. The molecule has 2 aliphatic rings. The maximum Gasteiger partial charge on any atom is 0.247 e. The summed E-state index contributed by atoms with van der Waals surface area (Å²) in [6.45, 7) is 3.71. The van der Waals surface area contributed by atoms with Gasteiger partial charge in [-0.05, 0) is 84.2 Å². The zero-order valence-corrected chi connectivity index (χ0v) is 45.4. The van der Waals surface area contributed by atoms with Gasteiger partial charge in [0, 0.05) is 53.8 Å². The van der Waals surface area contributed by atoms with Crippen LogP contribution in [0, 0.1) is 11.7 Å². The number of thiophene rings is 1. The Morgan fingerprint density at radius 2 is 1.46 bits per heavy atom. The fourth-order valence-electron chi connectivity index (χ4n) is 8.12. The summed E-state index contributed by atoms with van der Waals surface area (Å²) in [5.41, 5.74) is 17.7. The Morgan fingerprint density at radius 3 is 2.11 bits per heavy atom. The lowest BCUT2D eigenvalue weighted by Crippen LogP contribution is -2.61. The molecule has 2 aromatic carbocycles. The van der Waals surface area contributed by atoms with Crippen molar-refractivity contribution in [1.82, 2.24) is 42.1 Å². The molecule has 7 atom stereocenters. The number of guanidine groups is 1. The number of nitrogens with one attached hydrogen (secondary N) is 7. The van der Waals surface area contributed by atoms with Crippen molar-refractivity contribution in [3.63, 3.8) is 0 Å². The second-order valence-corrected chi connectivity index (χ2v) is 22.1. The van der Waals surface area contributed by atoms with E-state index in [1.165, 1.54) is 52.7 Å². The first-order valence-corrected chi connectivity index (χ1v) is 28.2. The Labute approximate surface area is 457 Å². The summed E-state index contributed by atoms with van der Waals surface area (Å²) < 4.78 is 14.0. The molecule has 412 valence electrons. The highest BCUT2D eigenvalue weighted by Crippen LogP contribution is 2.24. The normalized spacial score (nSPS) is 21.7. The van der Waals surface area contributed by atoms with E-state index in [1.807, 2.05) is 17.5 Å². The number of benzene rings is 2. The van der Waals surface area contributed by atoms with Crippen molar-refractivity contribution in [3.05, 3.63) is 92.9 Å². The molecule has 0 unspecified atom stereocenters. The molecule has 0 spiro atoms. The van der Waals surface area contributed by atoms with Gasteiger partial charge in [0.1, 0.15) is 48.1 Å². The summed E-state index contributed by atoms with van der Waals surface area (Å²) >= 11 is 10.1. The first kappa shape index (κ1) is 60.4. The zero-order valence-electron chi connectivity index (χ0n) is 42.2. The first-order valence-electron chi connectivity index (χ1n) is 24.7. The molecule has 0 bridgehead atoms. The van der Waals surface area contributed by atoms with E-state index < -0.39 is 114 Å². The molecular formula is C50H66ClFN12O9S3. The van der Waals surface area contributed by atoms with Crippen molar-refractivity contribution < 1.29 is 47.5 Å². The number of nitrogens with zero attached hydrogens (tertiary/aromatic N) is 2. The maximum absolute atomic E-state index is 14.7. The molecule has 1 aromatic heterocycles. The number of carbonyl (C=O) groups is 9. The fourth-order valence-corrected chi connectivity index (χ4v) is 11.1. The summed E-state index contributed by atoms with van der Waals surface area (Å²) in [6, 6.07) is 6.58. The van der Waals surface area contributed by atoms with Crippen LogP contribution in [0.1, 0.15) is 62.0 Å². The van der Waals surface area contributed by atoms with Crippen LogP contribution in [0.5, 0.6) is 0 Å². The zero-order chi connectivity index (χ0) is 55.3. The van der Waals surface area contributed by atoms with Crippen LogP contribution < -0.4 is 54.4 Å². The van der Waals surface area contributed by atoms with Crippen LogP contribution in [0.15, 0.2) is 71.0 Å². The van der Waals surface area contributed by atoms with Gasteiger partial charge in [-0.3, -0.25) is 48.1 Å². The van der Waals surface area contributed by atoms with E-state index in [0.29, 0.717) is 35.5 Å². The molecule has 9 amide bonds. The largest absolute Gasteiger partial charge is 0.370 e. The number of aliphatic imine (C=N–C) groups is 1. The first-order chi connectivity index (χ1) is 36.3. The molecule has 5 rings (SSSR count). The van der Waals surface area contributed by atoms with Crippen LogP contribution in [0.2, 0.25) is 5.02 Å². The Hall–Kier alpha value is -6.44. The summed E-state index contributed by atoms with van der Waals surface area (Å²) in [5, 5.41) is 21.4. The third-order valence-corrected chi connectivity index (χ3v) is 15.5. The van der Waals surface area contributed by atoms with Crippen LogP contribution in [-0.4, -0.2) is 143 Å². The Morgan fingerprint density at radius 1 is 0.816 bits per heavy atom. The van der Waals surface area contributed by atoms with Gasteiger partial charge in [0.2, 0.25) is 53.2 Å². The fraction of sp³-hybridized carbons (Fsp3) is 0.480. The summed E-state index contributed by atoms with van der Waals surface area (Å²) in [6.07, 6.45) is 0.325. The minimum absolute atomic E-state index is 0.00674. The molecule has 2 aliphatic heterocycles. The molecule has 76 heavy (non-hydrogen) atoms. The average Bonchev–Trinajstić information content (AvgIpc) is 4.09. The summed E-state index contributed by atoms with van der Waals surface area (Å²) in [4.78, 5) is 132. The van der Waals surface area contributed by atoms with Crippen LogP contribution in [0.25, 0.3) is 0 Å². The summed E-state index contributed by atoms with van der Waals surface area (Å²) in [7, 11) is 0. The van der Waals surface area contributed by atoms with E-state index in [0.717, 1.165) is 4.88 Å². The molecule has 13 N–H and O–H groups in total. The number of thioether (sulfide) groups is 2. The maximum atomic E-state index is 14.7. The molecule has 2 saturated heterocycles. The molecule has 2 fully saturated rings. The minimum atomic E-state index is -1.66. The number of hydrogen-bond donors (Lipinski definition) is 10. The molecule has 0 saturated carbocycles. The number of nitrogens with two attached hydrogens (primary N) is 3. The van der Waals surface area contributed by atoms with Crippen molar-refractivity contribution in [2.45, 2.75) is 108 Å². The number of hydrogen-bond acceptors (Lipinski definition) is 13. The minimum Gasteiger partial charge on any atom is -0.370 e. The molecule has 0 radical (unpaired) electrons. The molecule has 26 heteroatoms. The molecule has 3 aromatic rings. The van der Waals surface area contributed by atoms with Crippen LogP contribution in [-0.2, 0) is 62.4 Å². The van der Waals surface area contributed by atoms with Crippen molar-refractivity contribution >= 4 is 106 Å². The Bertz CT molecular complexity index is 2520. The Kier molecular flexibility index (Phi) is 24.1. The van der Waals surface area contributed by atoms with Gasteiger partial charge in [0.25, 0.3) is 0 Å². The van der Waals surface area contributed by atoms with E-state index in [-0.39, 0.29) is 67.7 Å². The van der Waals surface area contributed by atoms with Gasteiger partial charge < -0.3 is 59.3 Å². The number of rotatable bonds is 18. The van der Waals surface area contributed by atoms with E-state index in [9.17, 15) is 47.5 Å². The predicted octanol–water partition coefficient (Wildman–Crippen LogP) is 0.607. The predicted molar refractivity (Wildman–Crippen MR) is 291 cm³/mol. The molecular weight excluding hydrogens is 1060 g/mol. The van der Waals surface area contributed by atoms with Crippen molar-refractivity contribution in [1.29, 1.82) is 0 Å². The lowest BCUT2D eigenvalue weighted by molar-refractivity contribution is -0.142. The van der Waals surface area contributed by atoms with Crippen molar-refractivity contribution in [3.8, 4) is 0 Å². The average molecular weight is 1130 g/mol. The van der Waals surface area contributed by atoms with Gasteiger partial charge in [0.05, 0.1) is 12.3 Å². The van der Waals surface area contributed by atoms with Crippen molar-refractivity contribution in [2.75, 3.05) is 36.2 Å². The van der Waals surface area contributed by atoms with Crippen LogP contribution in [0.3, 0.4) is 0 Å². The third-order valence-electron chi connectivity index (χ3n) is 12.2. The van der Waals surface area contributed by atoms with Crippen LogP contribution in [0.4, 0.5) is 4.39 Å². The van der Waals surface area contributed by atoms with Gasteiger partial charge >= 0.3 is 0 Å². The second kappa shape index (κ2) is 30.3. The highest BCUT2D eigenvalue weighted by Gasteiger charge is 2.41. The van der Waals surface area contributed by atoms with E-state index in [4.69, 9.17) is 28.8 Å². The molecule has 3 heterocycles. The van der Waals surface area contributed by atoms with E-state index in [2.05, 4.69) is 42.2 Å². The molecule has 0 aliphatic carbocycles. The number of amides is 9. The van der Waals surface area contributed by atoms with Gasteiger partial charge in [-0.1, -0.05) is 55.8 Å². The van der Waals surface area contributed by atoms with Crippen LogP contribution >= 0.6 is 46.5 Å².